The molecule has 134 valence electrons. The van der Waals surface area contributed by atoms with E-state index in [-0.39, 0.29) is 36.1 Å². The summed E-state index contributed by atoms with van der Waals surface area (Å²) in [4.78, 5) is 28.7. The van der Waals surface area contributed by atoms with E-state index in [1.165, 1.54) is 17.8 Å². The molecular weight excluding hydrogens is 363 g/mol. The first-order chi connectivity index (χ1) is 11.1. The van der Waals surface area contributed by atoms with Gasteiger partial charge in [0.25, 0.3) is 5.56 Å². The molecule has 0 aliphatic carbocycles. The third-order valence-corrected chi connectivity index (χ3v) is 4.29. The Morgan fingerprint density at radius 3 is 2.52 bits per heavy atom. The number of aryl methyl sites for hydroxylation is 2. The van der Waals surface area contributed by atoms with E-state index in [0.717, 1.165) is 4.57 Å². The fourth-order valence-electron chi connectivity index (χ4n) is 2.54. The maximum absolute atomic E-state index is 12.4. The van der Waals surface area contributed by atoms with Gasteiger partial charge >= 0.3 is 35.2 Å². The van der Waals surface area contributed by atoms with Crippen LogP contribution in [0.2, 0.25) is 0 Å². The Morgan fingerprint density at radius 1 is 1.28 bits per heavy atom. The van der Waals surface area contributed by atoms with Crippen LogP contribution < -0.4 is 40.8 Å². The fourth-order valence-corrected chi connectivity index (χ4v) is 3.04. The molecule has 10 nitrogen and oxygen atoms in total. The van der Waals surface area contributed by atoms with E-state index in [1.807, 2.05) is 0 Å². The monoisotopic (exact) mass is 382 g/mol. The van der Waals surface area contributed by atoms with Crippen LogP contribution in [0.1, 0.15) is 26.2 Å². The van der Waals surface area contributed by atoms with Gasteiger partial charge in [-0.25, -0.2) is 18.2 Å². The predicted molar refractivity (Wildman–Crippen MR) is 84.3 cm³/mol. The first-order valence-corrected chi connectivity index (χ1v) is 8.70. The molecule has 0 aliphatic heterocycles. The summed E-state index contributed by atoms with van der Waals surface area (Å²) in [5.74, 6) is 0. The van der Waals surface area contributed by atoms with Crippen LogP contribution in [0.4, 0.5) is 0 Å². The van der Waals surface area contributed by atoms with Crippen LogP contribution in [-0.4, -0.2) is 37.8 Å². The number of rotatable bonds is 7. The average molecular weight is 382 g/mol. The molecule has 0 radical (unpaired) electrons. The maximum atomic E-state index is 12.4. The number of hydrogen-bond donors (Lipinski definition) is 0. The molecule has 25 heavy (non-hydrogen) atoms. The number of unbranched alkanes of at least 4 members (excludes halogenated alkanes) is 1. The van der Waals surface area contributed by atoms with E-state index < -0.39 is 27.8 Å². The molecule has 0 saturated carbocycles. The summed E-state index contributed by atoms with van der Waals surface area (Å²) in [6, 6.07) is 0. The van der Waals surface area contributed by atoms with E-state index in [9.17, 15) is 22.6 Å². The number of hydrogen-bond acceptors (Lipinski definition) is 7. The van der Waals surface area contributed by atoms with E-state index in [4.69, 9.17) is 0 Å². The minimum Gasteiger partial charge on any atom is -0.726 e. The number of aromatic nitrogens is 4. The molecule has 1 atom stereocenters. The van der Waals surface area contributed by atoms with Gasteiger partial charge < -0.3 is 9.12 Å². The van der Waals surface area contributed by atoms with Gasteiger partial charge in [-0.1, -0.05) is 0 Å². The third kappa shape index (κ3) is 5.25. The summed E-state index contributed by atoms with van der Waals surface area (Å²) >= 11 is 0. The molecule has 2 aromatic rings. The van der Waals surface area contributed by atoms with Crippen molar-refractivity contribution >= 4 is 21.6 Å². The Balaban J connectivity index is 0.00000312. The van der Waals surface area contributed by atoms with Crippen LogP contribution in [0, 0.1) is 0 Å². The number of nitrogens with zero attached hydrogens (tertiary/aromatic N) is 4. The van der Waals surface area contributed by atoms with Gasteiger partial charge in [0.2, 0.25) is 10.4 Å². The molecule has 0 unspecified atom stereocenters. The SMILES string of the molecule is C[C@H](CCCCn1c(=O)c2c(ncn2C)n(C)c1=O)OS(=O)(=O)[O-].[Na+]. The molecule has 0 fully saturated rings. The summed E-state index contributed by atoms with van der Waals surface area (Å²) in [7, 11) is -1.50. The molecular formula is C13H19N4NaO6S. The van der Waals surface area contributed by atoms with Crippen LogP contribution in [-0.2, 0) is 35.2 Å². The molecule has 2 rings (SSSR count). The molecule has 2 heterocycles. The summed E-state index contributed by atoms with van der Waals surface area (Å²) < 4.78 is 39.7. The first-order valence-electron chi connectivity index (χ1n) is 7.36. The van der Waals surface area contributed by atoms with Crippen LogP contribution in [0.5, 0.6) is 0 Å². The van der Waals surface area contributed by atoms with Gasteiger partial charge in [-0.2, -0.15) is 0 Å². The molecule has 0 aliphatic rings. The second kappa shape index (κ2) is 8.60. The summed E-state index contributed by atoms with van der Waals surface area (Å²) in [5.41, 5.74) is -0.213. The molecule has 0 amide bonds. The minimum absolute atomic E-state index is 0. The van der Waals surface area contributed by atoms with Crippen molar-refractivity contribution in [3.05, 3.63) is 27.2 Å². The van der Waals surface area contributed by atoms with Crippen molar-refractivity contribution in [2.75, 3.05) is 0 Å². The van der Waals surface area contributed by atoms with Gasteiger partial charge in [-0.05, 0) is 26.2 Å². The van der Waals surface area contributed by atoms with E-state index in [2.05, 4.69) is 9.17 Å². The molecule has 0 spiro atoms. The van der Waals surface area contributed by atoms with Gasteiger partial charge in [0.05, 0.1) is 12.4 Å². The van der Waals surface area contributed by atoms with Crippen molar-refractivity contribution in [1.82, 2.24) is 18.7 Å². The predicted octanol–water partition coefficient (Wildman–Crippen LogP) is -3.53. The van der Waals surface area contributed by atoms with Crippen molar-refractivity contribution in [1.29, 1.82) is 0 Å². The van der Waals surface area contributed by atoms with Crippen LogP contribution in [0.25, 0.3) is 11.2 Å². The van der Waals surface area contributed by atoms with Gasteiger partial charge in [0.15, 0.2) is 11.2 Å². The van der Waals surface area contributed by atoms with Crippen LogP contribution in [0.15, 0.2) is 15.9 Å². The Hall–Kier alpha value is -0.980. The maximum Gasteiger partial charge on any atom is 1.00 e. The Labute approximate surface area is 166 Å². The minimum atomic E-state index is -4.72. The topological polar surface area (TPSA) is 128 Å². The molecule has 2 aromatic heterocycles. The summed E-state index contributed by atoms with van der Waals surface area (Å²) in [6.07, 6.45) is 2.01. The molecule has 12 heteroatoms. The Kier molecular flexibility index (Phi) is 7.59. The van der Waals surface area contributed by atoms with Gasteiger partial charge in [-0.15, -0.1) is 0 Å². The van der Waals surface area contributed by atoms with Crippen molar-refractivity contribution in [3.63, 3.8) is 0 Å². The van der Waals surface area contributed by atoms with Crippen LogP contribution >= 0.6 is 0 Å². The van der Waals surface area contributed by atoms with Crippen molar-refractivity contribution < 1.29 is 46.7 Å². The second-order valence-corrected chi connectivity index (χ2v) is 6.65. The van der Waals surface area contributed by atoms with Gasteiger partial charge in [-0.3, -0.25) is 18.1 Å². The Morgan fingerprint density at radius 2 is 1.92 bits per heavy atom. The van der Waals surface area contributed by atoms with Gasteiger partial charge in [0.1, 0.15) is 0 Å². The Bertz CT molecular complexity index is 961. The fraction of sp³-hybridized carbons (Fsp3) is 0.615. The smallest absolute Gasteiger partial charge is 0.726 e. The number of imidazole rings is 1. The second-order valence-electron chi connectivity index (χ2n) is 5.64. The molecule has 0 N–H and O–H groups in total. The normalized spacial score (nSPS) is 13.0. The standard InChI is InChI=1S/C13H20N4O6S.Na/c1-9(23-24(20,21)22)6-4-5-7-17-12(18)10-11(14-8-15(10)2)16(3)13(17)19;/h8-9H,4-7H2,1-3H3,(H,20,21,22);/q;+1/p-1/t9-;/m1./s1. The average Bonchev–Trinajstić information content (AvgIpc) is 2.84. The van der Waals surface area contributed by atoms with Crippen molar-refractivity contribution in [2.45, 2.75) is 38.8 Å². The first kappa shape index (κ1) is 22.1. The van der Waals surface area contributed by atoms with Crippen molar-refractivity contribution in [2.24, 2.45) is 14.1 Å². The van der Waals surface area contributed by atoms with E-state index in [1.54, 1.807) is 18.7 Å². The summed E-state index contributed by atoms with van der Waals surface area (Å²) in [6.45, 7) is 1.66. The summed E-state index contributed by atoms with van der Waals surface area (Å²) in [5, 5.41) is 0. The van der Waals surface area contributed by atoms with E-state index in [0.29, 0.717) is 30.4 Å². The molecule has 0 aromatic carbocycles. The number of fused-ring (bicyclic) bond motifs is 1. The van der Waals surface area contributed by atoms with Gasteiger partial charge in [0, 0.05) is 20.6 Å². The quantitative estimate of drug-likeness (QED) is 0.210. The zero-order valence-electron chi connectivity index (χ0n) is 14.6. The largest absolute Gasteiger partial charge is 1.00 e. The van der Waals surface area contributed by atoms with Crippen LogP contribution in [0.3, 0.4) is 0 Å². The molecule has 0 saturated heterocycles. The van der Waals surface area contributed by atoms with E-state index >= 15 is 0 Å². The zero-order chi connectivity index (χ0) is 18.1. The van der Waals surface area contributed by atoms with Crippen molar-refractivity contribution in [3.8, 4) is 0 Å². The third-order valence-electron chi connectivity index (χ3n) is 3.73. The zero-order valence-corrected chi connectivity index (χ0v) is 17.4. The molecule has 0 bridgehead atoms.